The Morgan fingerprint density at radius 2 is 1.65 bits per heavy atom. The van der Waals surface area contributed by atoms with Crippen LogP contribution in [0.4, 0.5) is 0 Å². The van der Waals surface area contributed by atoms with E-state index in [-0.39, 0.29) is 31.1 Å². The monoisotopic (exact) mass is 331 g/mol. The highest BCUT2D eigenvalue weighted by Gasteiger charge is 2.20. The summed E-state index contributed by atoms with van der Waals surface area (Å²) < 4.78 is 0. The van der Waals surface area contributed by atoms with Crippen LogP contribution in [0.5, 0.6) is 0 Å². The second kappa shape index (κ2) is 11.4. The van der Waals surface area contributed by atoms with Crippen molar-refractivity contribution in [2.24, 2.45) is 5.73 Å². The topological polar surface area (TPSA) is 159 Å². The number of nitrogens with one attached hydrogen (secondary N) is 2. The van der Waals surface area contributed by atoms with E-state index < -0.39 is 24.0 Å². The Morgan fingerprint density at radius 1 is 1.00 bits per heavy atom. The summed E-state index contributed by atoms with van der Waals surface area (Å²) >= 11 is 0. The minimum Gasteiger partial charge on any atom is -0.480 e. The van der Waals surface area contributed by atoms with Gasteiger partial charge in [0.1, 0.15) is 12.1 Å². The molecule has 0 spiro atoms. The Kier molecular flexibility index (Phi) is 10.3. The van der Waals surface area contributed by atoms with Crippen LogP contribution in [0.1, 0.15) is 45.4 Å². The molecule has 2 atom stereocenters. The zero-order chi connectivity index (χ0) is 17.8. The summed E-state index contributed by atoms with van der Waals surface area (Å²) in [5, 5.41) is 22.5. The van der Waals surface area contributed by atoms with Crippen molar-refractivity contribution in [1.82, 2.24) is 10.6 Å². The number of carboxylic acids is 2. The molecule has 0 aromatic rings. The van der Waals surface area contributed by atoms with Crippen molar-refractivity contribution >= 4 is 23.8 Å². The molecular formula is C14H25N3O6. The van der Waals surface area contributed by atoms with Gasteiger partial charge in [-0.15, -0.1) is 0 Å². The second-order valence-electron chi connectivity index (χ2n) is 5.14. The molecule has 0 aliphatic rings. The van der Waals surface area contributed by atoms with Gasteiger partial charge in [0.2, 0.25) is 11.8 Å². The average Bonchev–Trinajstić information content (AvgIpc) is 2.49. The maximum absolute atomic E-state index is 11.6. The maximum Gasteiger partial charge on any atom is 0.326 e. The molecule has 2 unspecified atom stereocenters. The van der Waals surface area contributed by atoms with Crippen LogP contribution >= 0.6 is 0 Å². The van der Waals surface area contributed by atoms with Gasteiger partial charge >= 0.3 is 11.9 Å². The molecule has 0 fully saturated rings. The number of carbonyl (C=O) groups is 4. The van der Waals surface area contributed by atoms with Crippen molar-refractivity contribution in [3.05, 3.63) is 0 Å². The van der Waals surface area contributed by atoms with E-state index in [9.17, 15) is 19.2 Å². The second-order valence-corrected chi connectivity index (χ2v) is 5.14. The number of carbonyl (C=O) groups excluding carboxylic acids is 2. The van der Waals surface area contributed by atoms with Crippen LogP contribution in [0.15, 0.2) is 0 Å². The van der Waals surface area contributed by atoms with Gasteiger partial charge < -0.3 is 26.6 Å². The van der Waals surface area contributed by atoms with Crippen LogP contribution in [0.2, 0.25) is 0 Å². The highest BCUT2D eigenvalue weighted by Crippen LogP contribution is 2.01. The molecule has 0 saturated heterocycles. The molecule has 0 radical (unpaired) electrons. The molecule has 0 rings (SSSR count). The Bertz CT molecular complexity index is 427. The fraction of sp³-hybridized carbons (Fsp3) is 0.714. The van der Waals surface area contributed by atoms with Gasteiger partial charge in [-0.1, -0.05) is 6.92 Å². The highest BCUT2D eigenvalue weighted by atomic mass is 16.4. The van der Waals surface area contributed by atoms with Crippen molar-refractivity contribution < 1.29 is 29.4 Å². The van der Waals surface area contributed by atoms with Gasteiger partial charge in [0, 0.05) is 19.4 Å². The van der Waals surface area contributed by atoms with Crippen molar-refractivity contribution in [3.8, 4) is 0 Å². The summed E-state index contributed by atoms with van der Waals surface area (Å²) in [6.45, 7) is 1.97. The van der Waals surface area contributed by atoms with Crippen molar-refractivity contribution in [2.45, 2.75) is 57.5 Å². The van der Waals surface area contributed by atoms with E-state index >= 15 is 0 Å². The first-order valence-corrected chi connectivity index (χ1v) is 7.55. The summed E-state index contributed by atoms with van der Waals surface area (Å²) in [5.74, 6) is -2.93. The first-order valence-electron chi connectivity index (χ1n) is 7.55. The average molecular weight is 331 g/mol. The van der Waals surface area contributed by atoms with Crippen LogP contribution in [0.25, 0.3) is 0 Å². The van der Waals surface area contributed by atoms with Gasteiger partial charge in [-0.05, 0) is 25.7 Å². The first kappa shape index (κ1) is 20.8. The van der Waals surface area contributed by atoms with Gasteiger partial charge in [0.25, 0.3) is 0 Å². The molecule has 2 amide bonds. The van der Waals surface area contributed by atoms with Crippen LogP contribution in [-0.2, 0) is 19.2 Å². The normalized spacial score (nSPS) is 13.0. The molecule has 0 aliphatic carbocycles. The lowest BCUT2D eigenvalue weighted by Gasteiger charge is -2.13. The highest BCUT2D eigenvalue weighted by molar-refractivity contribution is 5.84. The molecule has 9 nitrogen and oxygen atoms in total. The number of hydrogen-bond donors (Lipinski definition) is 5. The van der Waals surface area contributed by atoms with Crippen molar-refractivity contribution in [1.29, 1.82) is 0 Å². The Labute approximate surface area is 134 Å². The molecule has 9 heteroatoms. The Hall–Kier alpha value is -2.16. The fourth-order valence-corrected chi connectivity index (χ4v) is 1.76. The zero-order valence-corrected chi connectivity index (χ0v) is 13.2. The van der Waals surface area contributed by atoms with Crippen molar-refractivity contribution in [2.75, 3.05) is 6.54 Å². The van der Waals surface area contributed by atoms with Gasteiger partial charge in [0.05, 0.1) is 0 Å². The van der Waals surface area contributed by atoms with E-state index in [0.29, 0.717) is 25.8 Å². The fourth-order valence-electron chi connectivity index (χ4n) is 1.76. The Morgan fingerprint density at radius 3 is 2.17 bits per heavy atom. The molecule has 6 N–H and O–H groups in total. The van der Waals surface area contributed by atoms with E-state index in [1.54, 1.807) is 6.92 Å². The molecule has 0 aromatic heterocycles. The lowest BCUT2D eigenvalue weighted by atomic mass is 10.1. The summed E-state index contributed by atoms with van der Waals surface area (Å²) in [5.41, 5.74) is 5.34. The predicted molar refractivity (Wildman–Crippen MR) is 81.6 cm³/mol. The van der Waals surface area contributed by atoms with E-state index in [2.05, 4.69) is 10.6 Å². The molecule has 0 saturated carbocycles. The quantitative estimate of drug-likeness (QED) is 0.300. The summed E-state index contributed by atoms with van der Waals surface area (Å²) in [4.78, 5) is 44.3. The largest absolute Gasteiger partial charge is 0.480 e. The molecule has 132 valence electrons. The van der Waals surface area contributed by atoms with E-state index in [1.165, 1.54) is 0 Å². The minimum absolute atomic E-state index is 0.0107. The number of aliphatic carboxylic acids is 2. The number of carboxylic acid groups (broad SMARTS) is 2. The summed E-state index contributed by atoms with van der Waals surface area (Å²) in [6, 6.07) is -1.98. The Balaban J connectivity index is 3.90. The standard InChI is InChI=1S/C14H25N3O6/c1-2-11(18)17-10(14(22)23)6-7-12(19)16-8-4-3-5-9(15)13(20)21/h9-10H,2-8,15H2,1H3,(H,16,19)(H,17,18)(H,20,21)(H,22,23). The van der Waals surface area contributed by atoms with Crippen LogP contribution in [0, 0.1) is 0 Å². The molecule has 0 aromatic carbocycles. The molecule has 0 heterocycles. The molecule has 0 bridgehead atoms. The van der Waals surface area contributed by atoms with Gasteiger partial charge in [0.15, 0.2) is 0 Å². The molecule has 0 aliphatic heterocycles. The van der Waals surface area contributed by atoms with Crippen LogP contribution in [-0.4, -0.2) is 52.6 Å². The lowest BCUT2D eigenvalue weighted by molar-refractivity contribution is -0.142. The summed E-state index contributed by atoms with van der Waals surface area (Å²) in [7, 11) is 0. The number of rotatable bonds is 12. The maximum atomic E-state index is 11.6. The third-order valence-electron chi connectivity index (χ3n) is 3.20. The number of unbranched alkanes of at least 4 members (excludes halogenated alkanes) is 1. The SMILES string of the molecule is CCC(=O)NC(CCC(=O)NCCCCC(N)C(=O)O)C(=O)O. The van der Waals surface area contributed by atoms with Crippen molar-refractivity contribution in [3.63, 3.8) is 0 Å². The number of nitrogens with two attached hydrogens (primary N) is 1. The smallest absolute Gasteiger partial charge is 0.326 e. The number of amides is 2. The number of hydrogen-bond acceptors (Lipinski definition) is 5. The van der Waals surface area contributed by atoms with Gasteiger partial charge in [-0.25, -0.2) is 4.79 Å². The van der Waals surface area contributed by atoms with E-state index in [4.69, 9.17) is 15.9 Å². The lowest BCUT2D eigenvalue weighted by Crippen LogP contribution is -2.41. The molecule has 23 heavy (non-hydrogen) atoms. The van der Waals surface area contributed by atoms with Crippen LogP contribution in [0.3, 0.4) is 0 Å². The van der Waals surface area contributed by atoms with Crippen LogP contribution < -0.4 is 16.4 Å². The molecular weight excluding hydrogens is 306 g/mol. The van der Waals surface area contributed by atoms with E-state index in [1.807, 2.05) is 0 Å². The van der Waals surface area contributed by atoms with E-state index in [0.717, 1.165) is 0 Å². The third-order valence-corrected chi connectivity index (χ3v) is 3.20. The zero-order valence-electron chi connectivity index (χ0n) is 13.2. The van der Waals surface area contributed by atoms with Gasteiger partial charge in [-0.3, -0.25) is 14.4 Å². The summed E-state index contributed by atoms with van der Waals surface area (Å²) in [6.07, 6.45) is 1.65. The third kappa shape index (κ3) is 10.2. The minimum atomic E-state index is -1.18. The predicted octanol–water partition coefficient (Wildman–Crippen LogP) is -0.556. The van der Waals surface area contributed by atoms with Gasteiger partial charge in [-0.2, -0.15) is 0 Å². The first-order chi connectivity index (χ1) is 10.8.